The van der Waals surface area contributed by atoms with Gasteiger partial charge in [0.1, 0.15) is 5.82 Å². The van der Waals surface area contributed by atoms with Crippen LogP contribution in [0, 0.1) is 5.82 Å². The number of rotatable bonds is 3. The first kappa shape index (κ1) is 13.3. The van der Waals surface area contributed by atoms with E-state index in [1.807, 2.05) is 6.92 Å². The first-order valence-corrected chi connectivity index (χ1v) is 6.51. The Morgan fingerprint density at radius 2 is 2.33 bits per heavy atom. The van der Waals surface area contributed by atoms with Crippen molar-refractivity contribution in [1.82, 2.24) is 5.32 Å². The Bertz CT molecular complexity index is 430. The molecule has 1 fully saturated rings. The Hall–Kier alpha value is -1.13. The highest BCUT2D eigenvalue weighted by Gasteiger charge is 2.31. The van der Waals surface area contributed by atoms with Crippen LogP contribution in [0.1, 0.15) is 19.8 Å². The van der Waals surface area contributed by atoms with Gasteiger partial charge >= 0.3 is 0 Å². The largest absolute Gasteiger partial charge is 0.307 e. The normalized spacial score (nSPS) is 20.3. The number of likely N-dealkylation sites (N-methyl/N-ethyl adjacent to an activating group) is 1. The molecule has 1 amide bonds. The van der Waals surface area contributed by atoms with Crippen LogP contribution < -0.4 is 10.2 Å². The highest BCUT2D eigenvalue weighted by Crippen LogP contribution is 2.31. The van der Waals surface area contributed by atoms with Gasteiger partial charge in [-0.25, -0.2) is 4.39 Å². The third kappa shape index (κ3) is 2.49. The molecule has 0 spiro atoms. The molecular formula is C13H16ClFN2O. The number of piperidine rings is 1. The molecule has 0 radical (unpaired) electrons. The van der Waals surface area contributed by atoms with Crippen molar-refractivity contribution in [3.05, 3.63) is 29.0 Å². The smallest absolute Gasteiger partial charge is 0.244 e. The summed E-state index contributed by atoms with van der Waals surface area (Å²) in [5, 5.41) is 3.39. The van der Waals surface area contributed by atoms with Crippen LogP contribution in [0.5, 0.6) is 0 Å². The number of anilines is 1. The Morgan fingerprint density at radius 1 is 1.56 bits per heavy atom. The quantitative estimate of drug-likeness (QED) is 0.916. The second-order valence-corrected chi connectivity index (χ2v) is 4.72. The highest BCUT2D eigenvalue weighted by atomic mass is 35.5. The van der Waals surface area contributed by atoms with Crippen molar-refractivity contribution in [3.63, 3.8) is 0 Å². The van der Waals surface area contributed by atoms with Crippen LogP contribution in [0.25, 0.3) is 0 Å². The molecule has 0 bridgehead atoms. The van der Waals surface area contributed by atoms with E-state index in [4.69, 9.17) is 11.6 Å². The minimum absolute atomic E-state index is 0.102. The second kappa shape index (κ2) is 5.67. The van der Waals surface area contributed by atoms with E-state index in [2.05, 4.69) is 5.32 Å². The van der Waals surface area contributed by atoms with Gasteiger partial charge in [0.05, 0.1) is 16.8 Å². The summed E-state index contributed by atoms with van der Waals surface area (Å²) in [5.74, 6) is -0.553. The van der Waals surface area contributed by atoms with E-state index in [-0.39, 0.29) is 22.7 Å². The van der Waals surface area contributed by atoms with Crippen molar-refractivity contribution in [2.24, 2.45) is 0 Å². The summed E-state index contributed by atoms with van der Waals surface area (Å²) < 4.78 is 13.8. The summed E-state index contributed by atoms with van der Waals surface area (Å²) in [7, 11) is 0. The number of amides is 1. The Kier molecular flexibility index (Phi) is 4.19. The maximum Gasteiger partial charge on any atom is 0.244 e. The second-order valence-electron chi connectivity index (χ2n) is 4.31. The molecule has 1 N–H and O–H groups in total. The SMILES string of the molecule is CCNC1CCCN(c2c(F)cccc2Cl)C1=O. The average Bonchev–Trinajstić information content (AvgIpc) is 2.33. The average molecular weight is 271 g/mol. The number of hydrogen-bond donors (Lipinski definition) is 1. The van der Waals surface area contributed by atoms with Gasteiger partial charge in [-0.2, -0.15) is 0 Å². The number of para-hydroxylation sites is 1. The molecule has 0 aromatic heterocycles. The lowest BCUT2D eigenvalue weighted by molar-refractivity contribution is -0.121. The van der Waals surface area contributed by atoms with Crippen molar-refractivity contribution < 1.29 is 9.18 Å². The minimum Gasteiger partial charge on any atom is -0.307 e. The zero-order valence-electron chi connectivity index (χ0n) is 10.2. The van der Waals surface area contributed by atoms with Gasteiger partial charge in [0.2, 0.25) is 5.91 Å². The van der Waals surface area contributed by atoms with E-state index in [0.717, 1.165) is 19.4 Å². The topological polar surface area (TPSA) is 32.3 Å². The van der Waals surface area contributed by atoms with E-state index in [1.165, 1.54) is 17.0 Å². The van der Waals surface area contributed by atoms with Gasteiger partial charge in [-0.15, -0.1) is 0 Å². The molecule has 1 aromatic carbocycles. The number of nitrogens with zero attached hydrogens (tertiary/aromatic N) is 1. The van der Waals surface area contributed by atoms with E-state index < -0.39 is 5.82 Å². The summed E-state index contributed by atoms with van der Waals surface area (Å²) in [6.45, 7) is 3.18. The zero-order chi connectivity index (χ0) is 13.1. The zero-order valence-corrected chi connectivity index (χ0v) is 11.0. The van der Waals surface area contributed by atoms with E-state index in [0.29, 0.717) is 6.54 Å². The van der Waals surface area contributed by atoms with Crippen molar-refractivity contribution in [3.8, 4) is 0 Å². The van der Waals surface area contributed by atoms with Crippen LogP contribution in [0.2, 0.25) is 5.02 Å². The standard InChI is InChI=1S/C13H16ClFN2O/c1-2-16-11-7-4-8-17(13(11)18)12-9(14)5-3-6-10(12)15/h3,5-6,11,16H,2,4,7-8H2,1H3. The van der Waals surface area contributed by atoms with Crippen LogP contribution in [0.15, 0.2) is 18.2 Å². The lowest BCUT2D eigenvalue weighted by atomic mass is 10.0. The number of carbonyl (C=O) groups excluding carboxylic acids is 1. The van der Waals surface area contributed by atoms with Gasteiger partial charge in [-0.3, -0.25) is 4.79 Å². The molecule has 98 valence electrons. The van der Waals surface area contributed by atoms with Crippen LogP contribution in [-0.2, 0) is 4.79 Å². The van der Waals surface area contributed by atoms with E-state index >= 15 is 0 Å². The Morgan fingerprint density at radius 3 is 3.00 bits per heavy atom. The van der Waals surface area contributed by atoms with Crippen LogP contribution >= 0.6 is 11.6 Å². The van der Waals surface area contributed by atoms with Crippen molar-refractivity contribution >= 4 is 23.2 Å². The molecule has 1 atom stereocenters. The molecule has 2 rings (SSSR count). The number of halogens is 2. The molecule has 5 heteroatoms. The van der Waals surface area contributed by atoms with Gasteiger partial charge in [0.15, 0.2) is 0 Å². The molecule has 0 saturated carbocycles. The molecule has 1 heterocycles. The number of benzene rings is 1. The maximum absolute atomic E-state index is 13.8. The van der Waals surface area contributed by atoms with Gasteiger partial charge in [0, 0.05) is 6.54 Å². The fraction of sp³-hybridized carbons (Fsp3) is 0.462. The van der Waals surface area contributed by atoms with Crippen molar-refractivity contribution in [1.29, 1.82) is 0 Å². The van der Waals surface area contributed by atoms with Gasteiger partial charge in [0.25, 0.3) is 0 Å². The first-order valence-electron chi connectivity index (χ1n) is 6.14. The number of hydrogen-bond acceptors (Lipinski definition) is 2. The van der Waals surface area contributed by atoms with Gasteiger partial charge in [-0.1, -0.05) is 24.6 Å². The summed E-state index contributed by atoms with van der Waals surface area (Å²) in [6, 6.07) is 4.23. The number of nitrogens with one attached hydrogen (secondary N) is 1. The fourth-order valence-corrected chi connectivity index (χ4v) is 2.54. The Labute approximate surface area is 111 Å². The molecule has 18 heavy (non-hydrogen) atoms. The maximum atomic E-state index is 13.8. The third-order valence-corrected chi connectivity index (χ3v) is 3.40. The number of carbonyl (C=O) groups is 1. The summed E-state index contributed by atoms with van der Waals surface area (Å²) >= 11 is 6.00. The predicted octanol–water partition coefficient (Wildman–Crippen LogP) is 2.58. The van der Waals surface area contributed by atoms with Crippen LogP contribution in [0.3, 0.4) is 0 Å². The molecule has 1 aromatic rings. The molecule has 1 aliphatic rings. The summed E-state index contributed by atoms with van der Waals surface area (Å²) in [6.07, 6.45) is 1.63. The van der Waals surface area contributed by atoms with Crippen molar-refractivity contribution in [2.45, 2.75) is 25.8 Å². The van der Waals surface area contributed by atoms with Crippen LogP contribution in [0.4, 0.5) is 10.1 Å². The van der Waals surface area contributed by atoms with Gasteiger partial charge in [-0.05, 0) is 31.5 Å². The highest BCUT2D eigenvalue weighted by molar-refractivity contribution is 6.33. The lowest BCUT2D eigenvalue weighted by Gasteiger charge is -2.33. The van der Waals surface area contributed by atoms with Crippen LogP contribution in [-0.4, -0.2) is 25.0 Å². The molecule has 1 aliphatic heterocycles. The summed E-state index contributed by atoms with van der Waals surface area (Å²) in [4.78, 5) is 13.7. The first-order chi connectivity index (χ1) is 8.65. The molecule has 3 nitrogen and oxygen atoms in total. The molecule has 1 unspecified atom stereocenters. The fourth-order valence-electron chi connectivity index (χ4n) is 2.28. The molecule has 1 saturated heterocycles. The third-order valence-electron chi connectivity index (χ3n) is 3.10. The monoisotopic (exact) mass is 270 g/mol. The van der Waals surface area contributed by atoms with E-state index in [1.54, 1.807) is 6.07 Å². The lowest BCUT2D eigenvalue weighted by Crippen LogP contribution is -2.51. The summed E-state index contributed by atoms with van der Waals surface area (Å²) in [5.41, 5.74) is 0.201. The van der Waals surface area contributed by atoms with Crippen molar-refractivity contribution in [2.75, 3.05) is 18.0 Å². The van der Waals surface area contributed by atoms with E-state index in [9.17, 15) is 9.18 Å². The predicted molar refractivity (Wildman–Crippen MR) is 70.5 cm³/mol. The minimum atomic E-state index is -0.451. The molecule has 0 aliphatic carbocycles. The van der Waals surface area contributed by atoms with Gasteiger partial charge < -0.3 is 10.2 Å². The molecular weight excluding hydrogens is 255 g/mol. The Balaban J connectivity index is 2.29.